The minimum absolute atomic E-state index is 0.000742. The lowest BCUT2D eigenvalue weighted by Gasteiger charge is -2.29. The van der Waals surface area contributed by atoms with Gasteiger partial charge >= 0.3 is 12.1 Å². The molecule has 1 aliphatic heterocycles. The van der Waals surface area contributed by atoms with Crippen molar-refractivity contribution >= 4 is 39.7 Å². The van der Waals surface area contributed by atoms with Crippen LogP contribution in [-0.2, 0) is 14.3 Å². The summed E-state index contributed by atoms with van der Waals surface area (Å²) in [6, 6.07) is 2.28. The zero-order valence-electron chi connectivity index (χ0n) is 16.5. The molecule has 2 aliphatic rings. The minimum Gasteiger partial charge on any atom is -0.465 e. The lowest BCUT2D eigenvalue weighted by Crippen LogP contribution is -2.47. The summed E-state index contributed by atoms with van der Waals surface area (Å²) >= 11 is 3.22. The van der Waals surface area contributed by atoms with Crippen LogP contribution in [0.4, 0.5) is 10.6 Å². The first-order valence-electron chi connectivity index (χ1n) is 9.01. The van der Waals surface area contributed by atoms with Crippen LogP contribution in [0.25, 0.3) is 0 Å². The van der Waals surface area contributed by atoms with E-state index >= 15 is 0 Å². The van der Waals surface area contributed by atoms with Gasteiger partial charge in [-0.1, -0.05) is 6.92 Å². The minimum atomic E-state index is -0.652. The molecule has 152 valence electrons. The predicted octanol–water partition coefficient (Wildman–Crippen LogP) is 3.36. The second-order valence-corrected chi connectivity index (χ2v) is 9.34. The Kier molecular flexibility index (Phi) is 5.16. The van der Waals surface area contributed by atoms with Crippen LogP contribution >= 0.6 is 15.9 Å². The molecule has 3 atom stereocenters. The van der Waals surface area contributed by atoms with Gasteiger partial charge in [-0.25, -0.2) is 14.6 Å². The molecule has 3 rings (SSSR count). The highest BCUT2D eigenvalue weighted by atomic mass is 79.9. The zero-order chi connectivity index (χ0) is 20.9. The van der Waals surface area contributed by atoms with Crippen LogP contribution in [0.1, 0.15) is 50.9 Å². The molecule has 2 fully saturated rings. The maximum absolute atomic E-state index is 12.9. The first-order chi connectivity index (χ1) is 12.9. The number of carbonyl (C=O) groups excluding carboxylic acids is 3. The van der Waals surface area contributed by atoms with E-state index in [4.69, 9.17) is 9.47 Å². The van der Waals surface area contributed by atoms with Crippen molar-refractivity contribution in [2.75, 3.05) is 12.4 Å². The summed E-state index contributed by atoms with van der Waals surface area (Å²) in [5, 5.41) is 2.71. The van der Waals surface area contributed by atoms with E-state index in [1.54, 1.807) is 25.7 Å². The molecule has 1 aromatic heterocycles. The molecule has 0 aromatic carbocycles. The van der Waals surface area contributed by atoms with Crippen LogP contribution in [-0.4, -0.2) is 52.6 Å². The maximum Gasteiger partial charge on any atom is 0.411 e. The molecule has 8 nitrogen and oxygen atoms in total. The quantitative estimate of drug-likeness (QED) is 0.556. The number of amides is 2. The van der Waals surface area contributed by atoms with Crippen LogP contribution in [0, 0.1) is 5.41 Å². The highest BCUT2D eigenvalue weighted by Crippen LogP contribution is 2.59. The fourth-order valence-corrected chi connectivity index (χ4v) is 4.03. The summed E-state index contributed by atoms with van der Waals surface area (Å²) < 4.78 is 10.6. The smallest absolute Gasteiger partial charge is 0.411 e. The number of esters is 1. The van der Waals surface area contributed by atoms with Gasteiger partial charge in [0.25, 0.3) is 0 Å². The number of methoxy groups -OCH3 is 1. The number of halogens is 1. The molecule has 1 aliphatic carbocycles. The molecule has 0 radical (unpaired) electrons. The third kappa shape index (κ3) is 4.14. The highest BCUT2D eigenvalue weighted by molar-refractivity contribution is 9.10. The van der Waals surface area contributed by atoms with Crippen molar-refractivity contribution in [1.29, 1.82) is 0 Å². The van der Waals surface area contributed by atoms with Crippen LogP contribution in [0.15, 0.2) is 16.7 Å². The third-order valence-corrected chi connectivity index (χ3v) is 5.41. The number of anilines is 1. The van der Waals surface area contributed by atoms with Crippen molar-refractivity contribution in [2.45, 2.75) is 58.2 Å². The predicted molar refractivity (Wildman–Crippen MR) is 105 cm³/mol. The number of ether oxygens (including phenoxy) is 2. The molecule has 28 heavy (non-hydrogen) atoms. The lowest BCUT2D eigenvalue weighted by molar-refractivity contribution is -0.121. The molecule has 9 heteroatoms. The Bertz CT molecular complexity index is 837. The van der Waals surface area contributed by atoms with Crippen LogP contribution in [0.3, 0.4) is 0 Å². The van der Waals surface area contributed by atoms with E-state index in [2.05, 4.69) is 33.2 Å². The molecule has 1 aromatic rings. The number of hydrogen-bond donors (Lipinski definition) is 1. The van der Waals surface area contributed by atoms with Crippen LogP contribution in [0.2, 0.25) is 0 Å². The highest BCUT2D eigenvalue weighted by Gasteiger charge is 2.65. The number of piperidine rings is 1. The summed E-state index contributed by atoms with van der Waals surface area (Å²) in [5.41, 5.74) is -0.460. The second-order valence-electron chi connectivity index (χ2n) is 8.53. The van der Waals surface area contributed by atoms with Gasteiger partial charge in [-0.15, -0.1) is 0 Å². The third-order valence-electron chi connectivity index (χ3n) is 5.01. The number of fused-ring (bicyclic) bond motifs is 1. The molecule has 1 saturated carbocycles. The van der Waals surface area contributed by atoms with Crippen LogP contribution in [0.5, 0.6) is 0 Å². The lowest BCUT2D eigenvalue weighted by atomic mass is 10.0. The summed E-state index contributed by atoms with van der Waals surface area (Å²) in [7, 11) is 1.28. The fraction of sp³-hybridized carbons (Fsp3) is 0.579. The molecule has 2 heterocycles. The Morgan fingerprint density at radius 1 is 1.29 bits per heavy atom. The largest absolute Gasteiger partial charge is 0.465 e. The van der Waals surface area contributed by atoms with Crippen molar-refractivity contribution in [3.8, 4) is 0 Å². The van der Waals surface area contributed by atoms with Gasteiger partial charge < -0.3 is 14.8 Å². The SMILES string of the molecule is COC(=O)c1cc(Br)nc(NC(=O)[C@@H]2C[C@@]3(C)C[C@H]3N2C(=O)OC(C)(C)C)c1. The first kappa shape index (κ1) is 20.6. The summed E-state index contributed by atoms with van der Waals surface area (Å²) in [6.45, 7) is 7.45. The number of nitrogens with zero attached hydrogens (tertiary/aromatic N) is 2. The van der Waals surface area contributed by atoms with Crippen molar-refractivity contribution in [2.24, 2.45) is 5.41 Å². The Balaban J connectivity index is 1.79. The van der Waals surface area contributed by atoms with Gasteiger partial charge in [-0.2, -0.15) is 0 Å². The normalized spacial score (nSPS) is 25.7. The summed E-state index contributed by atoms with van der Waals surface area (Å²) in [6.07, 6.45) is 0.925. The Morgan fingerprint density at radius 3 is 2.57 bits per heavy atom. The van der Waals surface area contributed by atoms with Gasteiger partial charge in [0.1, 0.15) is 22.1 Å². The van der Waals surface area contributed by atoms with Crippen LogP contribution < -0.4 is 5.32 Å². The molecule has 1 N–H and O–H groups in total. The Hall–Kier alpha value is -2.16. The van der Waals surface area contributed by atoms with E-state index in [1.807, 2.05) is 0 Å². The number of pyridine rings is 1. The number of aromatic nitrogens is 1. The van der Waals surface area contributed by atoms with E-state index in [9.17, 15) is 14.4 Å². The van der Waals surface area contributed by atoms with E-state index in [0.717, 1.165) is 6.42 Å². The topological polar surface area (TPSA) is 97.8 Å². The van der Waals surface area contributed by atoms with Crippen molar-refractivity contribution in [3.05, 3.63) is 22.3 Å². The summed E-state index contributed by atoms with van der Waals surface area (Å²) in [5.74, 6) is -0.695. The molecular weight excluding hydrogens is 430 g/mol. The van der Waals surface area contributed by atoms with E-state index in [1.165, 1.54) is 19.2 Å². The first-order valence-corrected chi connectivity index (χ1v) is 9.81. The standard InChI is InChI=1S/C19H24BrN3O5/c1-18(2,3)28-17(26)23-11(8-19(4)9-12(19)23)15(24)22-14-7-10(16(25)27-5)6-13(20)21-14/h6-7,11-12H,8-9H2,1-5H3,(H,21,22,24)/t11-,12+,19-/m0/s1. The zero-order valence-corrected chi connectivity index (χ0v) is 18.1. The second kappa shape index (κ2) is 7.02. The Morgan fingerprint density at radius 2 is 1.96 bits per heavy atom. The number of carbonyl (C=O) groups is 3. The fourth-order valence-electron chi connectivity index (χ4n) is 3.59. The number of rotatable bonds is 3. The number of nitrogens with one attached hydrogen (secondary N) is 1. The molecule has 1 saturated heterocycles. The number of likely N-dealkylation sites (tertiary alicyclic amines) is 1. The van der Waals surface area contributed by atoms with E-state index in [0.29, 0.717) is 11.0 Å². The van der Waals surface area contributed by atoms with Gasteiger partial charge in [-0.05, 0) is 67.1 Å². The van der Waals surface area contributed by atoms with Gasteiger partial charge in [0.05, 0.1) is 12.7 Å². The number of hydrogen-bond acceptors (Lipinski definition) is 6. The van der Waals surface area contributed by atoms with Crippen molar-refractivity contribution in [3.63, 3.8) is 0 Å². The molecule has 0 bridgehead atoms. The van der Waals surface area contributed by atoms with Crippen molar-refractivity contribution in [1.82, 2.24) is 9.88 Å². The molecule has 2 amide bonds. The molecule has 0 unspecified atom stereocenters. The average molecular weight is 454 g/mol. The van der Waals surface area contributed by atoms with Gasteiger partial charge in [-0.3, -0.25) is 9.69 Å². The molecule has 0 spiro atoms. The van der Waals surface area contributed by atoms with Crippen molar-refractivity contribution < 1.29 is 23.9 Å². The van der Waals surface area contributed by atoms with E-state index in [-0.39, 0.29) is 28.7 Å². The maximum atomic E-state index is 12.9. The van der Waals surface area contributed by atoms with Gasteiger partial charge in [0.2, 0.25) is 5.91 Å². The Labute approximate surface area is 172 Å². The van der Waals surface area contributed by atoms with E-state index < -0.39 is 23.7 Å². The molecular formula is C19H24BrN3O5. The van der Waals surface area contributed by atoms with Gasteiger partial charge in [0, 0.05) is 6.04 Å². The monoisotopic (exact) mass is 453 g/mol. The summed E-state index contributed by atoms with van der Waals surface area (Å²) in [4.78, 5) is 43.1. The van der Waals surface area contributed by atoms with Gasteiger partial charge in [0.15, 0.2) is 0 Å². The average Bonchev–Trinajstić information content (AvgIpc) is 3.12.